The van der Waals surface area contributed by atoms with E-state index in [0.717, 1.165) is 12.8 Å². The van der Waals surface area contributed by atoms with Crippen LogP contribution in [-0.2, 0) is 19.7 Å². The molecular weight excluding hydrogens is 379 g/mol. The number of esters is 1. The fourth-order valence-electron chi connectivity index (χ4n) is 3.77. The van der Waals surface area contributed by atoms with Crippen molar-refractivity contribution in [3.8, 4) is 0 Å². The number of nitro benzene ring substituents is 1. The lowest BCUT2D eigenvalue weighted by Crippen LogP contribution is -2.37. The van der Waals surface area contributed by atoms with Gasteiger partial charge >= 0.3 is 5.97 Å². The van der Waals surface area contributed by atoms with Crippen LogP contribution in [0, 0.1) is 22.9 Å². The third kappa shape index (κ3) is 4.26. The van der Waals surface area contributed by atoms with Gasteiger partial charge in [0.15, 0.2) is 6.61 Å². The van der Waals surface area contributed by atoms with Crippen molar-refractivity contribution < 1.29 is 23.6 Å². The van der Waals surface area contributed by atoms with E-state index in [9.17, 15) is 24.1 Å². The Morgan fingerprint density at radius 1 is 1.21 bits per heavy atom. The summed E-state index contributed by atoms with van der Waals surface area (Å²) in [5.41, 5.74) is -0.387. The van der Waals surface area contributed by atoms with Gasteiger partial charge in [0.25, 0.3) is 11.6 Å². The number of hydrogen-bond acceptors (Lipinski definition) is 5. The number of benzene rings is 2. The number of carbonyl (C=O) groups is 2. The van der Waals surface area contributed by atoms with Crippen LogP contribution in [0.15, 0.2) is 42.5 Å². The molecule has 8 heteroatoms. The number of carbonyl (C=O) groups excluding carboxylic acids is 2. The highest BCUT2D eigenvalue weighted by molar-refractivity contribution is 5.95. The second kappa shape index (κ2) is 8.38. The van der Waals surface area contributed by atoms with Gasteiger partial charge in [0, 0.05) is 11.6 Å². The number of anilines is 1. The molecule has 1 aliphatic carbocycles. The normalized spacial score (nSPS) is 15.0. The van der Waals surface area contributed by atoms with Gasteiger partial charge in [0.05, 0.1) is 10.3 Å². The summed E-state index contributed by atoms with van der Waals surface area (Å²) in [5.74, 6) is -1.84. The van der Waals surface area contributed by atoms with E-state index >= 15 is 0 Å². The van der Waals surface area contributed by atoms with E-state index in [2.05, 4.69) is 5.32 Å². The molecule has 0 radical (unpaired) electrons. The highest BCUT2D eigenvalue weighted by atomic mass is 19.1. The van der Waals surface area contributed by atoms with Crippen molar-refractivity contribution in [2.45, 2.75) is 38.0 Å². The molecule has 0 atom stereocenters. The Labute approximate surface area is 167 Å². The molecule has 29 heavy (non-hydrogen) atoms. The van der Waals surface area contributed by atoms with E-state index < -0.39 is 34.6 Å². The fraction of sp³-hybridized carbons (Fsp3) is 0.333. The van der Waals surface area contributed by atoms with E-state index in [1.165, 1.54) is 18.2 Å². The smallest absolute Gasteiger partial charge is 0.317 e. The summed E-state index contributed by atoms with van der Waals surface area (Å²) in [7, 11) is 0. The summed E-state index contributed by atoms with van der Waals surface area (Å²) in [4.78, 5) is 35.6. The van der Waals surface area contributed by atoms with Crippen molar-refractivity contribution in [2.75, 3.05) is 11.9 Å². The van der Waals surface area contributed by atoms with Gasteiger partial charge < -0.3 is 10.1 Å². The molecule has 1 N–H and O–H groups in total. The molecule has 1 saturated carbocycles. The van der Waals surface area contributed by atoms with Crippen LogP contribution in [0.1, 0.15) is 36.8 Å². The molecule has 7 nitrogen and oxygen atoms in total. The zero-order valence-electron chi connectivity index (χ0n) is 15.9. The number of aryl methyl sites for hydroxylation is 1. The molecule has 1 fully saturated rings. The second-order valence-corrected chi connectivity index (χ2v) is 7.17. The van der Waals surface area contributed by atoms with E-state index in [0.29, 0.717) is 18.4 Å². The summed E-state index contributed by atoms with van der Waals surface area (Å²) in [6, 6.07) is 10.5. The molecule has 0 saturated heterocycles. The molecule has 0 bridgehead atoms. The topological polar surface area (TPSA) is 98.5 Å². The zero-order chi connectivity index (χ0) is 21.0. The summed E-state index contributed by atoms with van der Waals surface area (Å²) in [6.45, 7) is 1.09. The average Bonchev–Trinajstić information content (AvgIpc) is 3.18. The number of ether oxygens (including phenoxy) is 1. The molecule has 1 aliphatic rings. The summed E-state index contributed by atoms with van der Waals surface area (Å²) >= 11 is 0. The average molecular weight is 400 g/mol. The van der Waals surface area contributed by atoms with E-state index in [4.69, 9.17) is 4.74 Å². The first kappa shape index (κ1) is 20.4. The maximum Gasteiger partial charge on any atom is 0.317 e. The van der Waals surface area contributed by atoms with Crippen LogP contribution in [0.2, 0.25) is 0 Å². The molecule has 0 aromatic heterocycles. The summed E-state index contributed by atoms with van der Waals surface area (Å²) < 4.78 is 19.5. The monoisotopic (exact) mass is 400 g/mol. The van der Waals surface area contributed by atoms with Crippen LogP contribution < -0.4 is 5.32 Å². The van der Waals surface area contributed by atoms with Crippen molar-refractivity contribution >= 4 is 23.3 Å². The van der Waals surface area contributed by atoms with Gasteiger partial charge in [-0.1, -0.05) is 37.1 Å². The molecule has 3 rings (SSSR count). The molecule has 0 spiro atoms. The zero-order valence-corrected chi connectivity index (χ0v) is 15.9. The van der Waals surface area contributed by atoms with Gasteiger partial charge in [-0.2, -0.15) is 0 Å². The number of hydrogen-bond donors (Lipinski definition) is 1. The van der Waals surface area contributed by atoms with Crippen LogP contribution in [0.5, 0.6) is 0 Å². The fourth-order valence-corrected chi connectivity index (χ4v) is 3.77. The molecule has 0 aliphatic heterocycles. The quantitative estimate of drug-likeness (QED) is 0.448. The van der Waals surface area contributed by atoms with Crippen molar-refractivity contribution in [1.82, 2.24) is 0 Å². The summed E-state index contributed by atoms with van der Waals surface area (Å²) in [5, 5.41) is 13.6. The van der Waals surface area contributed by atoms with Crippen molar-refractivity contribution in [3.05, 3.63) is 69.5 Å². The predicted octanol–water partition coefficient (Wildman–Crippen LogP) is 4.04. The first-order valence-electron chi connectivity index (χ1n) is 9.30. The molecular formula is C21H21FN2O5. The maximum absolute atomic E-state index is 14.3. The van der Waals surface area contributed by atoms with Crippen molar-refractivity contribution in [1.29, 1.82) is 0 Å². The minimum absolute atomic E-state index is 0.0198. The molecule has 2 aromatic carbocycles. The van der Waals surface area contributed by atoms with Gasteiger partial charge in [0.2, 0.25) is 0 Å². The Kier molecular flexibility index (Phi) is 5.91. The molecule has 0 unspecified atom stereocenters. The number of nitrogens with one attached hydrogen (secondary N) is 1. The van der Waals surface area contributed by atoms with Gasteiger partial charge in [-0.15, -0.1) is 0 Å². The second-order valence-electron chi connectivity index (χ2n) is 7.17. The Bertz CT molecular complexity index is 954. The minimum atomic E-state index is -1.11. The lowest BCUT2D eigenvalue weighted by molar-refractivity contribution is -0.384. The van der Waals surface area contributed by atoms with Crippen molar-refractivity contribution in [3.63, 3.8) is 0 Å². The third-order valence-electron chi connectivity index (χ3n) is 5.20. The Morgan fingerprint density at radius 2 is 1.90 bits per heavy atom. The van der Waals surface area contributed by atoms with Crippen LogP contribution >= 0.6 is 0 Å². The first-order valence-corrected chi connectivity index (χ1v) is 9.30. The lowest BCUT2D eigenvalue weighted by atomic mass is 9.78. The number of halogens is 1. The highest BCUT2D eigenvalue weighted by Crippen LogP contribution is 2.43. The van der Waals surface area contributed by atoms with Gasteiger partial charge in [0.1, 0.15) is 11.5 Å². The first-order chi connectivity index (χ1) is 13.8. The number of amides is 1. The highest BCUT2D eigenvalue weighted by Gasteiger charge is 2.46. The van der Waals surface area contributed by atoms with E-state index in [1.54, 1.807) is 31.2 Å². The van der Waals surface area contributed by atoms with Crippen LogP contribution in [0.3, 0.4) is 0 Å². The van der Waals surface area contributed by atoms with E-state index in [-0.39, 0.29) is 16.9 Å². The van der Waals surface area contributed by atoms with Crippen LogP contribution in [-0.4, -0.2) is 23.4 Å². The Balaban J connectivity index is 1.71. The van der Waals surface area contributed by atoms with Gasteiger partial charge in [-0.25, -0.2) is 4.39 Å². The van der Waals surface area contributed by atoms with E-state index in [1.807, 2.05) is 0 Å². The molecule has 1 amide bonds. The largest absolute Gasteiger partial charge is 0.455 e. The predicted molar refractivity (Wildman–Crippen MR) is 104 cm³/mol. The minimum Gasteiger partial charge on any atom is -0.455 e. The van der Waals surface area contributed by atoms with Gasteiger partial charge in [-0.3, -0.25) is 19.7 Å². The molecule has 152 valence electrons. The van der Waals surface area contributed by atoms with Crippen LogP contribution in [0.4, 0.5) is 15.8 Å². The molecule has 0 heterocycles. The standard InChI is InChI=1S/C21H21FN2O5/c1-14-8-9-17(18(12-14)24(27)28)23-19(25)13-29-20(26)21(10-4-5-11-21)15-6-2-3-7-16(15)22/h2-3,6-9,12H,4-5,10-11,13H2,1H3,(H,23,25). The number of nitro groups is 1. The van der Waals surface area contributed by atoms with Crippen LogP contribution in [0.25, 0.3) is 0 Å². The number of nitrogens with zero attached hydrogens (tertiary/aromatic N) is 1. The van der Waals surface area contributed by atoms with Gasteiger partial charge in [-0.05, 0) is 37.5 Å². The summed E-state index contributed by atoms with van der Waals surface area (Å²) in [6.07, 6.45) is 2.39. The Morgan fingerprint density at radius 3 is 2.55 bits per heavy atom. The number of rotatable bonds is 6. The third-order valence-corrected chi connectivity index (χ3v) is 5.20. The molecule has 2 aromatic rings. The maximum atomic E-state index is 14.3. The SMILES string of the molecule is Cc1ccc(NC(=O)COC(=O)C2(c3ccccc3F)CCCC2)c([N+](=O)[O-])c1. The lowest BCUT2D eigenvalue weighted by Gasteiger charge is -2.27. The Hall–Kier alpha value is -3.29. The van der Waals surface area contributed by atoms with Crippen molar-refractivity contribution in [2.24, 2.45) is 0 Å².